The van der Waals surface area contributed by atoms with Gasteiger partial charge in [0.25, 0.3) is 0 Å². The molecule has 21 heavy (non-hydrogen) atoms. The van der Waals surface area contributed by atoms with Gasteiger partial charge >= 0.3 is 0 Å². The molecule has 0 aromatic carbocycles. The van der Waals surface area contributed by atoms with Crippen molar-refractivity contribution in [1.82, 2.24) is 24.8 Å². The van der Waals surface area contributed by atoms with Gasteiger partial charge in [0.15, 0.2) is 0 Å². The predicted octanol–water partition coefficient (Wildman–Crippen LogP) is 2.41. The van der Waals surface area contributed by atoms with Crippen molar-refractivity contribution in [2.45, 2.75) is 52.1 Å². The number of piperidine rings is 1. The molecule has 6 heteroatoms. The third kappa shape index (κ3) is 2.98. The first kappa shape index (κ1) is 14.9. The van der Waals surface area contributed by atoms with E-state index in [0.29, 0.717) is 12.0 Å². The van der Waals surface area contributed by atoms with E-state index in [1.165, 1.54) is 30.8 Å². The molecule has 1 saturated heterocycles. The number of aryl methyl sites for hydroxylation is 1. The van der Waals surface area contributed by atoms with Gasteiger partial charge in [-0.05, 0) is 39.3 Å². The number of hydrogen-bond donors (Lipinski definition) is 1. The number of rotatable bonds is 4. The summed E-state index contributed by atoms with van der Waals surface area (Å²) in [6.45, 7) is 9.73. The zero-order valence-electron chi connectivity index (χ0n) is 13.4. The van der Waals surface area contributed by atoms with Crippen molar-refractivity contribution >= 4 is 16.3 Å². The largest absolute Gasteiger partial charge is 0.316 e. The number of likely N-dealkylation sites (N-methyl/N-ethyl adjacent to an activating group) is 1. The quantitative estimate of drug-likeness (QED) is 0.942. The molecule has 0 spiro atoms. The molecule has 5 nitrogen and oxygen atoms in total. The summed E-state index contributed by atoms with van der Waals surface area (Å²) >= 11 is 1.68. The van der Waals surface area contributed by atoms with Crippen LogP contribution in [0, 0.1) is 6.92 Å². The van der Waals surface area contributed by atoms with Crippen LogP contribution in [0.1, 0.15) is 49.0 Å². The summed E-state index contributed by atoms with van der Waals surface area (Å²) in [7, 11) is 2.06. The number of nitrogens with one attached hydrogen (secondary N) is 1. The Morgan fingerprint density at radius 2 is 2.24 bits per heavy atom. The molecule has 0 radical (unpaired) electrons. The number of nitrogens with zero attached hydrogens (tertiary/aromatic N) is 4. The van der Waals surface area contributed by atoms with Crippen molar-refractivity contribution in [2.75, 3.05) is 20.1 Å². The maximum Gasteiger partial charge on any atom is 0.212 e. The summed E-state index contributed by atoms with van der Waals surface area (Å²) < 4.78 is 2.07. The predicted molar refractivity (Wildman–Crippen MR) is 87.0 cm³/mol. The maximum absolute atomic E-state index is 4.81. The molecule has 1 atom stereocenters. The highest BCUT2D eigenvalue weighted by Gasteiger charge is 2.23. The molecule has 1 unspecified atom stereocenters. The molecule has 3 heterocycles. The SMILES string of the molecule is CNC1CCCN(Cc2c(C(C)C)nc3sc(C)nn23)C1. The summed E-state index contributed by atoms with van der Waals surface area (Å²) in [5.41, 5.74) is 2.49. The number of aromatic nitrogens is 3. The highest BCUT2D eigenvalue weighted by Crippen LogP contribution is 2.25. The topological polar surface area (TPSA) is 45.5 Å². The van der Waals surface area contributed by atoms with Gasteiger partial charge < -0.3 is 5.32 Å². The zero-order chi connectivity index (χ0) is 15.0. The second-order valence-corrected chi connectivity index (χ2v) is 7.44. The summed E-state index contributed by atoms with van der Waals surface area (Å²) in [5, 5.41) is 9.15. The molecule has 0 saturated carbocycles. The van der Waals surface area contributed by atoms with E-state index in [1.807, 2.05) is 0 Å². The van der Waals surface area contributed by atoms with Gasteiger partial charge in [0, 0.05) is 19.1 Å². The lowest BCUT2D eigenvalue weighted by Gasteiger charge is -2.32. The van der Waals surface area contributed by atoms with Crippen LogP contribution >= 0.6 is 11.3 Å². The van der Waals surface area contributed by atoms with Crippen molar-refractivity contribution < 1.29 is 0 Å². The second kappa shape index (κ2) is 6.02. The zero-order valence-corrected chi connectivity index (χ0v) is 14.2. The third-order valence-corrected chi connectivity index (χ3v) is 5.09. The summed E-state index contributed by atoms with van der Waals surface area (Å²) in [6, 6.07) is 0.613. The molecule has 1 aliphatic heterocycles. The Bertz CT molecular complexity index is 615. The van der Waals surface area contributed by atoms with Gasteiger partial charge in [-0.1, -0.05) is 25.2 Å². The Balaban J connectivity index is 1.89. The van der Waals surface area contributed by atoms with E-state index in [-0.39, 0.29) is 0 Å². The van der Waals surface area contributed by atoms with Gasteiger partial charge in [-0.15, -0.1) is 0 Å². The number of likely N-dealkylation sites (tertiary alicyclic amines) is 1. The summed E-state index contributed by atoms with van der Waals surface area (Å²) in [4.78, 5) is 8.39. The average Bonchev–Trinajstić information content (AvgIpc) is 2.97. The minimum Gasteiger partial charge on any atom is -0.316 e. The van der Waals surface area contributed by atoms with Crippen LogP contribution in [0.15, 0.2) is 0 Å². The Kier molecular flexibility index (Phi) is 4.28. The van der Waals surface area contributed by atoms with E-state index in [2.05, 4.69) is 47.6 Å². The van der Waals surface area contributed by atoms with Gasteiger partial charge in [0.2, 0.25) is 4.96 Å². The van der Waals surface area contributed by atoms with Gasteiger partial charge in [0.05, 0.1) is 11.4 Å². The molecule has 2 aromatic rings. The summed E-state index contributed by atoms with van der Waals surface area (Å²) in [6.07, 6.45) is 2.54. The number of fused-ring (bicyclic) bond motifs is 1. The van der Waals surface area contributed by atoms with Crippen LogP contribution in [-0.2, 0) is 6.54 Å². The Morgan fingerprint density at radius 1 is 1.43 bits per heavy atom. The third-order valence-electron chi connectivity index (χ3n) is 4.26. The van der Waals surface area contributed by atoms with E-state index in [9.17, 15) is 0 Å². The fourth-order valence-electron chi connectivity index (χ4n) is 3.16. The normalized spacial score (nSPS) is 20.7. The molecule has 3 rings (SSSR count). The van der Waals surface area contributed by atoms with Crippen LogP contribution in [0.5, 0.6) is 0 Å². The van der Waals surface area contributed by atoms with Gasteiger partial charge in [0.1, 0.15) is 5.01 Å². The van der Waals surface area contributed by atoms with Crippen molar-refractivity contribution in [1.29, 1.82) is 0 Å². The fraction of sp³-hybridized carbons (Fsp3) is 0.733. The number of hydrogen-bond acceptors (Lipinski definition) is 5. The molecule has 1 fully saturated rings. The Labute approximate surface area is 130 Å². The first-order chi connectivity index (χ1) is 10.1. The van der Waals surface area contributed by atoms with Crippen LogP contribution in [-0.4, -0.2) is 45.7 Å². The van der Waals surface area contributed by atoms with Crippen molar-refractivity contribution in [3.8, 4) is 0 Å². The minimum absolute atomic E-state index is 0.444. The highest BCUT2D eigenvalue weighted by molar-refractivity contribution is 7.16. The highest BCUT2D eigenvalue weighted by atomic mass is 32.1. The van der Waals surface area contributed by atoms with Crippen molar-refractivity contribution in [2.24, 2.45) is 0 Å². The smallest absolute Gasteiger partial charge is 0.212 e. The Hall–Kier alpha value is -0.980. The van der Waals surface area contributed by atoms with Crippen molar-refractivity contribution in [3.63, 3.8) is 0 Å². The van der Waals surface area contributed by atoms with Crippen LogP contribution in [0.2, 0.25) is 0 Å². The molecule has 0 bridgehead atoms. The molecule has 0 amide bonds. The molecular weight excluding hydrogens is 282 g/mol. The van der Waals surface area contributed by atoms with E-state index in [4.69, 9.17) is 4.98 Å². The van der Waals surface area contributed by atoms with Crippen molar-refractivity contribution in [3.05, 3.63) is 16.4 Å². The van der Waals surface area contributed by atoms with Crippen LogP contribution < -0.4 is 5.32 Å². The minimum atomic E-state index is 0.444. The van der Waals surface area contributed by atoms with Crippen LogP contribution in [0.25, 0.3) is 4.96 Å². The van der Waals surface area contributed by atoms with E-state index in [0.717, 1.165) is 23.1 Å². The molecule has 2 aromatic heterocycles. The molecule has 116 valence electrons. The van der Waals surface area contributed by atoms with E-state index >= 15 is 0 Å². The first-order valence-electron chi connectivity index (χ1n) is 7.83. The number of imidazole rings is 1. The first-order valence-corrected chi connectivity index (χ1v) is 8.64. The molecular formula is C15H25N5S. The van der Waals surface area contributed by atoms with Crippen LogP contribution in [0.3, 0.4) is 0 Å². The monoisotopic (exact) mass is 307 g/mol. The summed E-state index contributed by atoms with van der Waals surface area (Å²) in [5.74, 6) is 0.444. The fourth-order valence-corrected chi connectivity index (χ4v) is 3.93. The lowest BCUT2D eigenvalue weighted by Crippen LogP contribution is -2.44. The second-order valence-electron chi connectivity index (χ2n) is 6.28. The lowest BCUT2D eigenvalue weighted by molar-refractivity contribution is 0.184. The van der Waals surface area contributed by atoms with Gasteiger partial charge in [-0.2, -0.15) is 5.10 Å². The standard InChI is InChI=1S/C15H25N5S/c1-10(2)14-13(20-15(17-14)21-11(3)18-20)9-19-7-5-6-12(8-19)16-4/h10,12,16H,5-9H2,1-4H3. The average molecular weight is 307 g/mol. The van der Waals surface area contributed by atoms with Gasteiger partial charge in [-0.25, -0.2) is 9.50 Å². The van der Waals surface area contributed by atoms with E-state index < -0.39 is 0 Å². The Morgan fingerprint density at radius 3 is 2.95 bits per heavy atom. The molecule has 0 aliphatic carbocycles. The van der Waals surface area contributed by atoms with E-state index in [1.54, 1.807) is 11.3 Å². The molecule has 1 N–H and O–H groups in total. The maximum atomic E-state index is 4.81. The van der Waals surface area contributed by atoms with Gasteiger partial charge in [-0.3, -0.25) is 4.90 Å². The lowest BCUT2D eigenvalue weighted by atomic mass is 10.0. The molecule has 1 aliphatic rings. The van der Waals surface area contributed by atoms with Crippen LogP contribution in [0.4, 0.5) is 0 Å².